The number of methoxy groups -OCH3 is 1. The molecule has 1 heterocycles. The van der Waals surface area contributed by atoms with Crippen molar-refractivity contribution in [1.82, 2.24) is 4.90 Å². The number of hydrogen-bond acceptors (Lipinski definition) is 6. The average Bonchev–Trinajstić information content (AvgIpc) is 2.78. The summed E-state index contributed by atoms with van der Waals surface area (Å²) in [6, 6.07) is 17.0. The summed E-state index contributed by atoms with van der Waals surface area (Å²) in [6.45, 7) is 3.80. The highest BCUT2D eigenvalue weighted by Crippen LogP contribution is 2.39. The van der Waals surface area contributed by atoms with Crippen molar-refractivity contribution >= 4 is 10.8 Å². The van der Waals surface area contributed by atoms with Crippen molar-refractivity contribution in [2.24, 2.45) is 0 Å². The number of nitrogens with zero attached hydrogens (tertiary/aromatic N) is 1. The predicted octanol–water partition coefficient (Wildman–Crippen LogP) is 3.29. The molecule has 1 aliphatic heterocycles. The maximum absolute atomic E-state index is 10.5. The third-order valence-corrected chi connectivity index (χ3v) is 5.34. The molecule has 1 aliphatic rings. The van der Waals surface area contributed by atoms with Gasteiger partial charge in [-0.15, -0.1) is 0 Å². The monoisotopic (exact) mass is 409 g/mol. The SMILES string of the molecule is COc1ccc(O)c(-c2cc(OCC(O)CN3CCOCC3)cc3ccccc23)c1. The van der Waals surface area contributed by atoms with Gasteiger partial charge in [0, 0.05) is 25.2 Å². The number of ether oxygens (including phenoxy) is 3. The topological polar surface area (TPSA) is 71.4 Å². The number of β-amino-alcohol motifs (C(OH)–C–C–N with tert-alkyl or cyclic N) is 1. The number of aliphatic hydroxyl groups is 1. The highest BCUT2D eigenvalue weighted by atomic mass is 16.5. The Morgan fingerprint density at radius 1 is 1.00 bits per heavy atom. The third-order valence-electron chi connectivity index (χ3n) is 5.34. The lowest BCUT2D eigenvalue weighted by molar-refractivity contribution is 0.00467. The molecule has 6 heteroatoms. The van der Waals surface area contributed by atoms with Crippen molar-refractivity contribution < 1.29 is 24.4 Å². The van der Waals surface area contributed by atoms with Crippen LogP contribution < -0.4 is 9.47 Å². The fourth-order valence-corrected chi connectivity index (χ4v) is 3.77. The van der Waals surface area contributed by atoms with E-state index >= 15 is 0 Å². The zero-order valence-corrected chi connectivity index (χ0v) is 17.1. The van der Waals surface area contributed by atoms with Gasteiger partial charge in [0.2, 0.25) is 0 Å². The molecule has 0 saturated carbocycles. The molecule has 0 radical (unpaired) electrons. The number of aromatic hydroxyl groups is 1. The standard InChI is InChI=1S/C24H27NO5/c1-28-19-6-7-24(27)23(13-19)22-14-20(12-17-4-2-3-5-21(17)22)30-16-18(26)15-25-8-10-29-11-9-25/h2-7,12-14,18,26-27H,8-11,15-16H2,1H3. The minimum Gasteiger partial charge on any atom is -0.507 e. The van der Waals surface area contributed by atoms with Crippen molar-refractivity contribution in [1.29, 1.82) is 0 Å². The van der Waals surface area contributed by atoms with Gasteiger partial charge in [-0.3, -0.25) is 4.90 Å². The second-order valence-corrected chi connectivity index (χ2v) is 7.45. The Morgan fingerprint density at radius 3 is 2.57 bits per heavy atom. The van der Waals surface area contributed by atoms with Crippen molar-refractivity contribution in [2.45, 2.75) is 6.10 Å². The summed E-state index contributed by atoms with van der Waals surface area (Å²) in [5.74, 6) is 1.48. The van der Waals surface area contributed by atoms with Crippen LogP contribution in [0.1, 0.15) is 0 Å². The van der Waals surface area contributed by atoms with Crippen LogP contribution in [0.15, 0.2) is 54.6 Å². The van der Waals surface area contributed by atoms with Gasteiger partial charge >= 0.3 is 0 Å². The Morgan fingerprint density at radius 2 is 1.77 bits per heavy atom. The Hall–Kier alpha value is -2.80. The second kappa shape index (κ2) is 9.34. The number of benzene rings is 3. The van der Waals surface area contributed by atoms with Crippen LogP contribution in [0.2, 0.25) is 0 Å². The van der Waals surface area contributed by atoms with Gasteiger partial charge in [-0.2, -0.15) is 0 Å². The maximum atomic E-state index is 10.5. The van der Waals surface area contributed by atoms with Gasteiger partial charge in [-0.1, -0.05) is 24.3 Å². The second-order valence-electron chi connectivity index (χ2n) is 7.45. The summed E-state index contributed by atoms with van der Waals surface area (Å²) in [4.78, 5) is 2.18. The molecule has 1 unspecified atom stereocenters. The molecule has 3 aromatic carbocycles. The third kappa shape index (κ3) is 4.67. The molecule has 1 atom stereocenters. The Labute approximate surface area is 176 Å². The molecule has 0 aliphatic carbocycles. The number of phenols is 1. The van der Waals surface area contributed by atoms with Crippen molar-refractivity contribution in [3.8, 4) is 28.4 Å². The first-order valence-electron chi connectivity index (χ1n) is 10.1. The summed E-state index contributed by atoms with van der Waals surface area (Å²) in [7, 11) is 1.60. The van der Waals surface area contributed by atoms with E-state index in [0.717, 1.165) is 29.4 Å². The molecule has 0 amide bonds. The number of morpholine rings is 1. The molecular weight excluding hydrogens is 382 g/mol. The normalized spacial score (nSPS) is 15.8. The molecule has 30 heavy (non-hydrogen) atoms. The largest absolute Gasteiger partial charge is 0.507 e. The van der Waals surface area contributed by atoms with E-state index in [1.165, 1.54) is 0 Å². The molecule has 0 spiro atoms. The first-order valence-corrected chi connectivity index (χ1v) is 10.1. The number of rotatable bonds is 7. The summed E-state index contributed by atoms with van der Waals surface area (Å²) in [5, 5.41) is 22.9. The first kappa shape index (κ1) is 20.5. The van der Waals surface area contributed by atoms with E-state index in [9.17, 15) is 10.2 Å². The van der Waals surface area contributed by atoms with Gasteiger partial charge in [-0.25, -0.2) is 0 Å². The Balaban J connectivity index is 1.59. The highest BCUT2D eigenvalue weighted by molar-refractivity contribution is 5.99. The van der Waals surface area contributed by atoms with Gasteiger partial charge in [0.1, 0.15) is 30.0 Å². The molecule has 2 N–H and O–H groups in total. The number of fused-ring (bicyclic) bond motifs is 1. The van der Waals surface area contributed by atoms with Crippen LogP contribution in [-0.2, 0) is 4.74 Å². The molecule has 4 rings (SSSR count). The Bertz CT molecular complexity index is 1000. The van der Waals surface area contributed by atoms with Crippen LogP contribution in [0.5, 0.6) is 17.2 Å². The van der Waals surface area contributed by atoms with E-state index < -0.39 is 6.10 Å². The fourth-order valence-electron chi connectivity index (χ4n) is 3.77. The van der Waals surface area contributed by atoms with Crippen LogP contribution in [0.25, 0.3) is 21.9 Å². The highest BCUT2D eigenvalue weighted by Gasteiger charge is 2.16. The Kier molecular flexibility index (Phi) is 6.38. The molecule has 0 aromatic heterocycles. The first-order chi connectivity index (χ1) is 14.6. The zero-order valence-electron chi connectivity index (χ0n) is 17.1. The quantitative estimate of drug-likeness (QED) is 0.624. The van der Waals surface area contributed by atoms with Crippen molar-refractivity contribution in [3.63, 3.8) is 0 Å². The predicted molar refractivity (Wildman–Crippen MR) is 116 cm³/mol. The lowest BCUT2D eigenvalue weighted by atomic mass is 9.97. The van der Waals surface area contributed by atoms with Crippen LogP contribution >= 0.6 is 0 Å². The average molecular weight is 409 g/mol. The summed E-state index contributed by atoms with van der Waals surface area (Å²) in [5.41, 5.74) is 1.52. The van der Waals surface area contributed by atoms with Crippen LogP contribution in [0.3, 0.4) is 0 Å². The molecule has 158 valence electrons. The molecule has 3 aromatic rings. The van der Waals surface area contributed by atoms with E-state index in [0.29, 0.717) is 36.8 Å². The molecular formula is C24H27NO5. The maximum Gasteiger partial charge on any atom is 0.123 e. The number of aliphatic hydroxyl groups excluding tert-OH is 1. The fraction of sp³-hybridized carbons (Fsp3) is 0.333. The number of hydrogen-bond donors (Lipinski definition) is 2. The lowest BCUT2D eigenvalue weighted by Gasteiger charge is -2.28. The van der Waals surface area contributed by atoms with Crippen LogP contribution in [0.4, 0.5) is 0 Å². The summed E-state index contributed by atoms with van der Waals surface area (Å²) in [6.07, 6.45) is -0.594. The van der Waals surface area contributed by atoms with E-state index in [-0.39, 0.29) is 12.4 Å². The van der Waals surface area contributed by atoms with Gasteiger partial charge < -0.3 is 24.4 Å². The van der Waals surface area contributed by atoms with E-state index in [1.54, 1.807) is 19.2 Å². The molecule has 6 nitrogen and oxygen atoms in total. The van der Waals surface area contributed by atoms with Gasteiger partial charge in [0.25, 0.3) is 0 Å². The number of phenolic OH excluding ortho intramolecular Hbond substituents is 1. The van der Waals surface area contributed by atoms with Gasteiger partial charge in [-0.05, 0) is 46.7 Å². The van der Waals surface area contributed by atoms with Crippen LogP contribution in [0, 0.1) is 0 Å². The smallest absolute Gasteiger partial charge is 0.123 e. The van der Waals surface area contributed by atoms with Crippen molar-refractivity contribution in [3.05, 3.63) is 54.6 Å². The van der Waals surface area contributed by atoms with Crippen molar-refractivity contribution in [2.75, 3.05) is 46.6 Å². The van der Waals surface area contributed by atoms with Crippen LogP contribution in [-0.4, -0.2) is 67.8 Å². The minimum absolute atomic E-state index is 0.172. The molecule has 1 saturated heterocycles. The zero-order chi connectivity index (χ0) is 20.9. The molecule has 0 bridgehead atoms. The lowest BCUT2D eigenvalue weighted by Crippen LogP contribution is -2.42. The minimum atomic E-state index is -0.594. The summed E-state index contributed by atoms with van der Waals surface area (Å²) >= 11 is 0. The van der Waals surface area contributed by atoms with E-state index in [1.807, 2.05) is 42.5 Å². The van der Waals surface area contributed by atoms with Gasteiger partial charge in [0.05, 0.1) is 20.3 Å². The van der Waals surface area contributed by atoms with Gasteiger partial charge in [0.15, 0.2) is 0 Å². The van der Waals surface area contributed by atoms with E-state index in [2.05, 4.69) is 4.90 Å². The summed E-state index contributed by atoms with van der Waals surface area (Å²) < 4.78 is 16.6. The molecule has 1 fully saturated rings. The van der Waals surface area contributed by atoms with E-state index in [4.69, 9.17) is 14.2 Å².